The lowest BCUT2D eigenvalue weighted by atomic mass is 10.1. The van der Waals surface area contributed by atoms with E-state index in [-0.39, 0.29) is 6.04 Å². The number of rotatable bonds is 7. The molecule has 1 rings (SSSR count). The smallest absolute Gasteiger partial charge is 0.119 e. The molecule has 3 N–H and O–H groups in total. The zero-order valence-electron chi connectivity index (χ0n) is 10.8. The van der Waals surface area contributed by atoms with Gasteiger partial charge in [0.05, 0.1) is 12.6 Å². The Balaban J connectivity index is 2.69. The second-order valence-corrected chi connectivity index (χ2v) is 5.72. The minimum absolute atomic E-state index is 0.169. The number of hydrogen-bond donors (Lipinski definition) is 2. The molecule has 3 nitrogen and oxygen atoms in total. The first-order valence-corrected chi connectivity index (χ1v) is 7.02. The van der Waals surface area contributed by atoms with E-state index >= 15 is 0 Å². The van der Waals surface area contributed by atoms with E-state index in [4.69, 9.17) is 10.6 Å². The highest BCUT2D eigenvalue weighted by Crippen LogP contribution is 2.23. The zero-order chi connectivity index (χ0) is 12.7. The molecule has 0 amide bonds. The van der Waals surface area contributed by atoms with E-state index in [0.29, 0.717) is 11.9 Å². The van der Waals surface area contributed by atoms with Crippen LogP contribution in [0.5, 0.6) is 5.75 Å². The Kier molecular flexibility index (Phi) is 6.40. The molecule has 0 radical (unpaired) electrons. The molecule has 0 saturated carbocycles. The van der Waals surface area contributed by atoms with Crippen molar-refractivity contribution in [2.75, 3.05) is 12.4 Å². The van der Waals surface area contributed by atoms with Crippen molar-refractivity contribution in [2.24, 2.45) is 5.84 Å². The monoisotopic (exact) mass is 254 g/mol. The Hall–Kier alpha value is -0.710. The molecular weight excluding hydrogens is 232 g/mol. The summed E-state index contributed by atoms with van der Waals surface area (Å²) in [6, 6.07) is 8.27. The summed E-state index contributed by atoms with van der Waals surface area (Å²) in [4.78, 5) is 0. The third kappa shape index (κ3) is 4.98. The van der Waals surface area contributed by atoms with Gasteiger partial charge >= 0.3 is 0 Å². The Bertz CT molecular complexity index is 331. The molecule has 1 unspecified atom stereocenters. The second-order valence-electron chi connectivity index (χ2n) is 4.11. The van der Waals surface area contributed by atoms with Crippen LogP contribution < -0.4 is 16.0 Å². The molecule has 1 aromatic carbocycles. The van der Waals surface area contributed by atoms with Crippen molar-refractivity contribution in [1.82, 2.24) is 5.43 Å². The number of hydrazine groups is 1. The van der Waals surface area contributed by atoms with Gasteiger partial charge in [-0.1, -0.05) is 26.0 Å². The van der Waals surface area contributed by atoms with E-state index < -0.39 is 0 Å². The molecule has 1 aromatic rings. The van der Waals surface area contributed by atoms with Gasteiger partial charge in [0.25, 0.3) is 0 Å². The minimum atomic E-state index is 0.169. The van der Waals surface area contributed by atoms with Gasteiger partial charge in [0.2, 0.25) is 0 Å². The Morgan fingerprint density at radius 2 is 2.18 bits per heavy atom. The minimum Gasteiger partial charge on any atom is -0.494 e. The number of thioether (sulfide) groups is 1. The van der Waals surface area contributed by atoms with E-state index in [1.807, 2.05) is 30.8 Å². The first-order valence-electron chi connectivity index (χ1n) is 5.97. The van der Waals surface area contributed by atoms with Crippen LogP contribution >= 0.6 is 11.8 Å². The van der Waals surface area contributed by atoms with Crippen LogP contribution in [0.1, 0.15) is 32.4 Å². The van der Waals surface area contributed by atoms with Crippen molar-refractivity contribution < 1.29 is 4.74 Å². The van der Waals surface area contributed by atoms with E-state index in [9.17, 15) is 0 Å². The van der Waals surface area contributed by atoms with Gasteiger partial charge in [0, 0.05) is 5.75 Å². The molecule has 0 fully saturated rings. The summed E-state index contributed by atoms with van der Waals surface area (Å²) in [6.07, 6.45) is 0. The summed E-state index contributed by atoms with van der Waals surface area (Å²) in [6.45, 7) is 7.05. The van der Waals surface area contributed by atoms with Crippen LogP contribution in [0.25, 0.3) is 0 Å². The van der Waals surface area contributed by atoms with E-state index in [0.717, 1.165) is 11.5 Å². The average molecular weight is 254 g/mol. The van der Waals surface area contributed by atoms with Crippen molar-refractivity contribution in [1.29, 1.82) is 0 Å². The zero-order valence-corrected chi connectivity index (χ0v) is 11.6. The summed E-state index contributed by atoms with van der Waals surface area (Å²) in [7, 11) is 0. The van der Waals surface area contributed by atoms with Crippen LogP contribution in [-0.2, 0) is 0 Å². The molecule has 0 heterocycles. The summed E-state index contributed by atoms with van der Waals surface area (Å²) >= 11 is 1.89. The molecule has 0 aliphatic rings. The predicted octanol–water partition coefficient (Wildman–Crippen LogP) is 2.73. The Morgan fingerprint density at radius 1 is 1.41 bits per heavy atom. The fraction of sp³-hybridized carbons (Fsp3) is 0.538. The Labute approximate surface area is 108 Å². The number of nitrogens with one attached hydrogen (secondary N) is 1. The lowest BCUT2D eigenvalue weighted by Gasteiger charge is -2.18. The van der Waals surface area contributed by atoms with Crippen LogP contribution in [0, 0.1) is 0 Å². The second kappa shape index (κ2) is 7.58. The lowest BCUT2D eigenvalue weighted by molar-refractivity contribution is 0.339. The highest BCUT2D eigenvalue weighted by Gasteiger charge is 2.11. The standard InChI is InChI=1S/C13H22N2OS/c1-4-16-12-7-5-6-11(8-12)13(15-14)9-17-10(2)3/h5-8,10,13,15H,4,9,14H2,1-3H3. The van der Waals surface area contributed by atoms with Crippen molar-refractivity contribution >= 4 is 11.8 Å². The number of hydrogen-bond acceptors (Lipinski definition) is 4. The molecule has 0 aliphatic heterocycles. The first kappa shape index (κ1) is 14.4. The summed E-state index contributed by atoms with van der Waals surface area (Å²) < 4.78 is 5.49. The predicted molar refractivity (Wildman–Crippen MR) is 75.3 cm³/mol. The van der Waals surface area contributed by atoms with Crippen molar-refractivity contribution in [2.45, 2.75) is 32.1 Å². The normalized spacial score (nSPS) is 12.8. The molecule has 0 aliphatic carbocycles. The van der Waals surface area contributed by atoms with Crippen molar-refractivity contribution in [3.8, 4) is 5.75 Å². The highest BCUT2D eigenvalue weighted by atomic mass is 32.2. The molecule has 0 aromatic heterocycles. The van der Waals surface area contributed by atoms with Crippen molar-refractivity contribution in [3.63, 3.8) is 0 Å². The first-order chi connectivity index (χ1) is 8.17. The van der Waals surface area contributed by atoms with Crippen LogP contribution in [0.2, 0.25) is 0 Å². The maximum Gasteiger partial charge on any atom is 0.119 e. The lowest BCUT2D eigenvalue weighted by Crippen LogP contribution is -2.30. The fourth-order valence-electron chi connectivity index (χ4n) is 1.52. The Morgan fingerprint density at radius 3 is 2.76 bits per heavy atom. The van der Waals surface area contributed by atoms with E-state index in [2.05, 4.69) is 31.4 Å². The topological polar surface area (TPSA) is 47.3 Å². The molecule has 0 bridgehead atoms. The summed E-state index contributed by atoms with van der Waals surface area (Å²) in [5.74, 6) is 7.48. The largest absolute Gasteiger partial charge is 0.494 e. The van der Waals surface area contributed by atoms with Gasteiger partial charge in [-0.2, -0.15) is 11.8 Å². The third-order valence-electron chi connectivity index (χ3n) is 2.37. The van der Waals surface area contributed by atoms with Crippen LogP contribution in [0.4, 0.5) is 0 Å². The molecule has 0 saturated heterocycles. The fourth-order valence-corrected chi connectivity index (χ4v) is 2.38. The van der Waals surface area contributed by atoms with E-state index in [1.165, 1.54) is 5.56 Å². The van der Waals surface area contributed by atoms with Crippen LogP contribution in [0.15, 0.2) is 24.3 Å². The van der Waals surface area contributed by atoms with Gasteiger partial charge in [-0.05, 0) is 29.9 Å². The van der Waals surface area contributed by atoms with Gasteiger partial charge in [0.15, 0.2) is 0 Å². The van der Waals surface area contributed by atoms with Crippen molar-refractivity contribution in [3.05, 3.63) is 29.8 Å². The van der Waals surface area contributed by atoms with Gasteiger partial charge in [0.1, 0.15) is 5.75 Å². The van der Waals surface area contributed by atoms with Crippen LogP contribution in [0.3, 0.4) is 0 Å². The van der Waals surface area contributed by atoms with Gasteiger partial charge in [-0.25, -0.2) is 0 Å². The third-order valence-corrected chi connectivity index (χ3v) is 3.56. The quantitative estimate of drug-likeness (QED) is 0.580. The summed E-state index contributed by atoms with van der Waals surface area (Å²) in [5, 5.41) is 0.612. The maximum absolute atomic E-state index is 5.61. The van der Waals surface area contributed by atoms with Gasteiger partial charge in [-0.15, -0.1) is 0 Å². The molecule has 17 heavy (non-hydrogen) atoms. The maximum atomic E-state index is 5.61. The molecule has 0 spiro atoms. The molecular formula is C13H22N2OS. The van der Waals surface area contributed by atoms with Gasteiger partial charge < -0.3 is 4.74 Å². The van der Waals surface area contributed by atoms with E-state index in [1.54, 1.807) is 0 Å². The average Bonchev–Trinajstić information content (AvgIpc) is 2.30. The molecule has 96 valence electrons. The van der Waals surface area contributed by atoms with Gasteiger partial charge in [-0.3, -0.25) is 11.3 Å². The SMILES string of the molecule is CCOc1cccc(C(CSC(C)C)NN)c1. The molecule has 4 heteroatoms. The summed E-state index contributed by atoms with van der Waals surface area (Å²) in [5.41, 5.74) is 4.04. The number of ether oxygens (including phenoxy) is 1. The number of nitrogens with two attached hydrogens (primary N) is 1. The van der Waals surface area contributed by atoms with Crippen LogP contribution in [-0.4, -0.2) is 17.6 Å². The highest BCUT2D eigenvalue weighted by molar-refractivity contribution is 7.99. The number of benzene rings is 1. The molecule has 1 atom stereocenters.